The van der Waals surface area contributed by atoms with Gasteiger partial charge in [0, 0.05) is 29.3 Å². The van der Waals surface area contributed by atoms with Crippen LogP contribution >= 0.6 is 0 Å². The largest absolute Gasteiger partial charge is 0.486 e. The monoisotopic (exact) mass is 364 g/mol. The third-order valence-electron chi connectivity index (χ3n) is 4.56. The van der Waals surface area contributed by atoms with Crippen molar-refractivity contribution in [3.05, 3.63) is 63.9 Å². The normalized spacial score (nSPS) is 12.8. The van der Waals surface area contributed by atoms with Crippen LogP contribution in [0.25, 0.3) is 10.9 Å². The SMILES string of the molecule is Cc1cc2ccc(CCC(=O)Nc3ccc4c(c3)OCCO4)cc2[nH]c1=O. The Morgan fingerprint density at radius 3 is 2.74 bits per heavy atom. The van der Waals surface area contributed by atoms with E-state index in [-0.39, 0.29) is 11.5 Å². The van der Waals surface area contributed by atoms with E-state index in [0.717, 1.165) is 16.5 Å². The number of pyridine rings is 1. The maximum absolute atomic E-state index is 12.3. The Morgan fingerprint density at radius 1 is 1.07 bits per heavy atom. The number of carbonyl (C=O) groups is 1. The maximum atomic E-state index is 12.3. The second kappa shape index (κ2) is 7.15. The van der Waals surface area contributed by atoms with Crippen LogP contribution in [0.15, 0.2) is 47.3 Å². The molecule has 0 spiro atoms. The summed E-state index contributed by atoms with van der Waals surface area (Å²) in [5, 5.41) is 3.87. The molecule has 4 rings (SSSR count). The molecule has 1 aromatic heterocycles. The number of fused-ring (bicyclic) bond motifs is 2. The lowest BCUT2D eigenvalue weighted by Crippen LogP contribution is -2.16. The molecule has 0 atom stereocenters. The molecule has 0 unspecified atom stereocenters. The van der Waals surface area contributed by atoms with Crippen molar-refractivity contribution in [1.29, 1.82) is 0 Å². The Labute approximate surface area is 156 Å². The molecule has 0 radical (unpaired) electrons. The Balaban J connectivity index is 1.41. The number of H-pyrrole nitrogens is 1. The molecular weight excluding hydrogens is 344 g/mol. The minimum atomic E-state index is -0.0870. The zero-order valence-electron chi connectivity index (χ0n) is 15.0. The van der Waals surface area contributed by atoms with Crippen molar-refractivity contribution in [2.24, 2.45) is 0 Å². The summed E-state index contributed by atoms with van der Waals surface area (Å²) in [6.45, 7) is 2.83. The number of hydrogen-bond donors (Lipinski definition) is 2. The number of aromatic amines is 1. The Kier molecular flexibility index (Phi) is 4.54. The Morgan fingerprint density at radius 2 is 1.89 bits per heavy atom. The van der Waals surface area contributed by atoms with Crippen LogP contribution < -0.4 is 20.3 Å². The number of aromatic nitrogens is 1. The van der Waals surface area contributed by atoms with Gasteiger partial charge in [0.05, 0.1) is 0 Å². The van der Waals surface area contributed by atoms with Crippen LogP contribution in [0.4, 0.5) is 5.69 Å². The summed E-state index contributed by atoms with van der Waals surface area (Å²) in [5.74, 6) is 1.26. The van der Waals surface area contributed by atoms with Gasteiger partial charge >= 0.3 is 0 Å². The lowest BCUT2D eigenvalue weighted by atomic mass is 10.1. The molecule has 2 heterocycles. The number of benzene rings is 2. The smallest absolute Gasteiger partial charge is 0.251 e. The molecule has 6 heteroatoms. The summed E-state index contributed by atoms with van der Waals surface area (Å²) in [4.78, 5) is 26.9. The third-order valence-corrected chi connectivity index (χ3v) is 4.56. The van der Waals surface area contributed by atoms with Crippen LogP contribution in [0, 0.1) is 6.92 Å². The molecule has 1 amide bonds. The molecule has 6 nitrogen and oxygen atoms in total. The first-order valence-corrected chi connectivity index (χ1v) is 8.90. The molecule has 0 aliphatic carbocycles. The fourth-order valence-corrected chi connectivity index (χ4v) is 3.12. The van der Waals surface area contributed by atoms with Crippen LogP contribution in [0.3, 0.4) is 0 Å². The summed E-state index contributed by atoms with van der Waals surface area (Å²) < 4.78 is 11.0. The van der Waals surface area contributed by atoms with Crippen LogP contribution in [0.1, 0.15) is 17.5 Å². The third kappa shape index (κ3) is 3.79. The average molecular weight is 364 g/mol. The first kappa shape index (κ1) is 17.1. The van der Waals surface area contributed by atoms with Gasteiger partial charge in [-0.3, -0.25) is 9.59 Å². The van der Waals surface area contributed by atoms with E-state index in [1.165, 1.54) is 0 Å². The molecule has 0 bridgehead atoms. The maximum Gasteiger partial charge on any atom is 0.251 e. The van der Waals surface area contributed by atoms with Gasteiger partial charge in [-0.15, -0.1) is 0 Å². The number of ether oxygens (including phenoxy) is 2. The lowest BCUT2D eigenvalue weighted by molar-refractivity contribution is -0.116. The van der Waals surface area contributed by atoms with Crippen molar-refractivity contribution >= 4 is 22.5 Å². The summed E-state index contributed by atoms with van der Waals surface area (Å²) in [6, 6.07) is 13.1. The predicted octanol–water partition coefficient (Wildman–Crippen LogP) is 3.18. The first-order valence-electron chi connectivity index (χ1n) is 8.90. The molecule has 0 saturated carbocycles. The number of carbonyl (C=O) groups excluding carboxylic acids is 1. The van der Waals surface area contributed by atoms with E-state index in [1.54, 1.807) is 25.1 Å². The number of aryl methyl sites for hydroxylation is 2. The van der Waals surface area contributed by atoms with Crippen LogP contribution in [0.2, 0.25) is 0 Å². The van der Waals surface area contributed by atoms with Crippen molar-refractivity contribution in [3.63, 3.8) is 0 Å². The van der Waals surface area contributed by atoms with E-state index >= 15 is 0 Å². The molecule has 1 aliphatic rings. The van der Waals surface area contributed by atoms with Gasteiger partial charge < -0.3 is 19.8 Å². The number of amides is 1. The second-order valence-electron chi connectivity index (χ2n) is 6.61. The number of nitrogens with one attached hydrogen (secondary N) is 2. The molecule has 27 heavy (non-hydrogen) atoms. The zero-order chi connectivity index (χ0) is 18.8. The molecule has 3 aromatic rings. The second-order valence-corrected chi connectivity index (χ2v) is 6.61. The molecule has 0 saturated heterocycles. The van der Waals surface area contributed by atoms with E-state index < -0.39 is 0 Å². The van der Waals surface area contributed by atoms with E-state index in [0.29, 0.717) is 48.8 Å². The Bertz CT molecular complexity index is 1070. The van der Waals surface area contributed by atoms with Crippen LogP contribution in [0.5, 0.6) is 11.5 Å². The first-order chi connectivity index (χ1) is 13.1. The molecule has 1 aliphatic heterocycles. The van der Waals surface area contributed by atoms with Crippen molar-refractivity contribution < 1.29 is 14.3 Å². The number of anilines is 1. The summed E-state index contributed by atoms with van der Waals surface area (Å²) in [5.41, 5.74) is 3.07. The fourth-order valence-electron chi connectivity index (χ4n) is 3.12. The van der Waals surface area contributed by atoms with Crippen LogP contribution in [-0.4, -0.2) is 24.1 Å². The summed E-state index contributed by atoms with van der Waals surface area (Å²) >= 11 is 0. The lowest BCUT2D eigenvalue weighted by Gasteiger charge is -2.19. The van der Waals surface area contributed by atoms with Gasteiger partial charge in [0.15, 0.2) is 11.5 Å². The van der Waals surface area contributed by atoms with Gasteiger partial charge in [0.1, 0.15) is 13.2 Å². The van der Waals surface area contributed by atoms with Crippen molar-refractivity contribution in [2.45, 2.75) is 19.8 Å². The quantitative estimate of drug-likeness (QED) is 0.745. The van der Waals surface area contributed by atoms with E-state index in [2.05, 4.69) is 10.3 Å². The van der Waals surface area contributed by atoms with Gasteiger partial charge in [-0.05, 0) is 48.6 Å². The highest BCUT2D eigenvalue weighted by atomic mass is 16.6. The van der Waals surface area contributed by atoms with Gasteiger partial charge in [-0.1, -0.05) is 12.1 Å². The Hall–Kier alpha value is -3.28. The topological polar surface area (TPSA) is 80.4 Å². The minimum Gasteiger partial charge on any atom is -0.486 e. The molecule has 138 valence electrons. The summed E-state index contributed by atoms with van der Waals surface area (Å²) in [7, 11) is 0. The molecular formula is C21H20N2O4. The minimum absolute atomic E-state index is 0.0795. The molecule has 2 N–H and O–H groups in total. The van der Waals surface area contributed by atoms with Gasteiger partial charge in [-0.2, -0.15) is 0 Å². The van der Waals surface area contributed by atoms with Gasteiger partial charge in [-0.25, -0.2) is 0 Å². The number of hydrogen-bond acceptors (Lipinski definition) is 4. The highest BCUT2D eigenvalue weighted by Crippen LogP contribution is 2.32. The van der Waals surface area contributed by atoms with Gasteiger partial charge in [0.25, 0.3) is 5.56 Å². The highest BCUT2D eigenvalue weighted by Gasteiger charge is 2.13. The average Bonchev–Trinajstić information content (AvgIpc) is 2.67. The van der Waals surface area contributed by atoms with Crippen molar-refractivity contribution in [1.82, 2.24) is 4.98 Å². The predicted molar refractivity (Wildman–Crippen MR) is 104 cm³/mol. The van der Waals surface area contributed by atoms with Gasteiger partial charge in [0.2, 0.25) is 5.91 Å². The van der Waals surface area contributed by atoms with Crippen LogP contribution in [-0.2, 0) is 11.2 Å². The van der Waals surface area contributed by atoms with E-state index in [1.807, 2.05) is 24.3 Å². The van der Waals surface area contributed by atoms with E-state index in [9.17, 15) is 9.59 Å². The molecule has 0 fully saturated rings. The standard InChI is InChI=1S/C21H20N2O4/c1-13-10-15-4-2-14(11-17(15)23-21(13)25)3-7-20(24)22-16-5-6-18-19(12-16)27-9-8-26-18/h2,4-6,10-12H,3,7-9H2,1H3,(H,22,24)(H,23,25). The van der Waals surface area contributed by atoms with Crippen molar-refractivity contribution in [2.75, 3.05) is 18.5 Å². The molecule has 2 aromatic carbocycles. The van der Waals surface area contributed by atoms with E-state index in [4.69, 9.17) is 9.47 Å². The number of rotatable bonds is 4. The van der Waals surface area contributed by atoms with Crippen molar-refractivity contribution in [3.8, 4) is 11.5 Å². The summed E-state index contributed by atoms with van der Waals surface area (Å²) in [6.07, 6.45) is 0.929. The zero-order valence-corrected chi connectivity index (χ0v) is 15.0. The fraction of sp³-hybridized carbons (Fsp3) is 0.238. The highest BCUT2D eigenvalue weighted by molar-refractivity contribution is 5.91.